The van der Waals surface area contributed by atoms with Crippen LogP contribution in [0.1, 0.15) is 27.3 Å². The van der Waals surface area contributed by atoms with Crippen molar-refractivity contribution >= 4 is 17.3 Å². The first kappa shape index (κ1) is 14.3. The van der Waals surface area contributed by atoms with Gasteiger partial charge in [-0.3, -0.25) is 0 Å². The van der Waals surface area contributed by atoms with Gasteiger partial charge in [-0.25, -0.2) is 9.78 Å². The predicted octanol–water partition coefficient (Wildman–Crippen LogP) is 2.87. The molecule has 0 aliphatic rings. The van der Waals surface area contributed by atoms with Gasteiger partial charge in [0, 0.05) is 0 Å². The summed E-state index contributed by atoms with van der Waals surface area (Å²) in [6, 6.07) is 7.09. The van der Waals surface area contributed by atoms with Crippen molar-refractivity contribution in [3.8, 4) is 10.9 Å². The molecule has 0 saturated heterocycles. The Labute approximate surface area is 120 Å². The summed E-state index contributed by atoms with van der Waals surface area (Å²) < 4.78 is 5.45. The Morgan fingerprint density at radius 1 is 1.45 bits per heavy atom. The van der Waals surface area contributed by atoms with Gasteiger partial charge in [0.2, 0.25) is 0 Å². The molecular formula is C14H15NO4S. The SMILES string of the molecule is Cc1nc(OCCCc2cccc(O)c2)sc1C(=O)O. The Hall–Kier alpha value is -2.08. The van der Waals surface area contributed by atoms with Crippen LogP contribution in [0.25, 0.3) is 0 Å². The smallest absolute Gasteiger partial charge is 0.347 e. The molecule has 0 atom stereocenters. The number of carboxylic acids is 1. The fraction of sp³-hybridized carbons (Fsp3) is 0.286. The summed E-state index contributed by atoms with van der Waals surface area (Å²) in [5.41, 5.74) is 1.51. The minimum absolute atomic E-state index is 0.216. The second-order valence-corrected chi connectivity index (χ2v) is 5.28. The Bertz CT molecular complexity index is 609. The number of thiazole rings is 1. The van der Waals surface area contributed by atoms with Crippen molar-refractivity contribution < 1.29 is 19.7 Å². The Morgan fingerprint density at radius 3 is 2.90 bits per heavy atom. The van der Waals surface area contributed by atoms with Gasteiger partial charge < -0.3 is 14.9 Å². The molecule has 106 valence electrons. The average molecular weight is 293 g/mol. The van der Waals surface area contributed by atoms with Gasteiger partial charge in [0.25, 0.3) is 5.19 Å². The first-order chi connectivity index (χ1) is 9.56. The van der Waals surface area contributed by atoms with Gasteiger partial charge in [0.1, 0.15) is 10.6 Å². The lowest BCUT2D eigenvalue weighted by Gasteiger charge is -2.03. The van der Waals surface area contributed by atoms with Crippen molar-refractivity contribution in [2.24, 2.45) is 0 Å². The molecule has 0 aliphatic heterocycles. The number of nitrogens with zero attached hydrogens (tertiary/aromatic N) is 1. The fourth-order valence-corrected chi connectivity index (χ4v) is 2.56. The summed E-state index contributed by atoms with van der Waals surface area (Å²) in [4.78, 5) is 15.2. The summed E-state index contributed by atoms with van der Waals surface area (Å²) in [7, 11) is 0. The second-order valence-electron chi connectivity index (χ2n) is 4.32. The molecule has 0 saturated carbocycles. The highest BCUT2D eigenvalue weighted by Gasteiger charge is 2.14. The van der Waals surface area contributed by atoms with Crippen LogP contribution in [0.5, 0.6) is 10.9 Å². The van der Waals surface area contributed by atoms with Gasteiger partial charge in [-0.05, 0) is 37.5 Å². The highest BCUT2D eigenvalue weighted by molar-refractivity contribution is 7.15. The van der Waals surface area contributed by atoms with Crippen molar-refractivity contribution in [1.82, 2.24) is 4.98 Å². The molecule has 0 radical (unpaired) electrons. The first-order valence-electron chi connectivity index (χ1n) is 6.17. The molecule has 1 aromatic carbocycles. The van der Waals surface area contributed by atoms with Gasteiger partial charge in [0.05, 0.1) is 12.3 Å². The fourth-order valence-electron chi connectivity index (χ4n) is 1.78. The standard InChI is InChI=1S/C14H15NO4S/c1-9-12(13(17)18)20-14(15-9)19-7-3-5-10-4-2-6-11(16)8-10/h2,4,6,8,16H,3,5,7H2,1H3,(H,17,18). The van der Waals surface area contributed by atoms with Crippen LogP contribution in [0.4, 0.5) is 0 Å². The number of aromatic hydroxyl groups is 1. The van der Waals surface area contributed by atoms with Gasteiger partial charge >= 0.3 is 5.97 Å². The summed E-state index contributed by atoms with van der Waals surface area (Å²) in [6.07, 6.45) is 1.55. The maximum Gasteiger partial charge on any atom is 0.347 e. The third kappa shape index (κ3) is 3.71. The number of carbonyl (C=O) groups is 1. The highest BCUT2D eigenvalue weighted by atomic mass is 32.1. The minimum Gasteiger partial charge on any atom is -0.508 e. The van der Waals surface area contributed by atoms with E-state index in [2.05, 4.69) is 4.98 Å². The molecule has 20 heavy (non-hydrogen) atoms. The lowest BCUT2D eigenvalue weighted by molar-refractivity contribution is 0.0701. The quantitative estimate of drug-likeness (QED) is 0.801. The summed E-state index contributed by atoms with van der Waals surface area (Å²) in [5, 5.41) is 18.6. The molecule has 0 amide bonds. The van der Waals surface area contributed by atoms with Gasteiger partial charge in [-0.15, -0.1) is 0 Å². The molecule has 1 aromatic heterocycles. The zero-order chi connectivity index (χ0) is 14.5. The molecular weight excluding hydrogens is 278 g/mol. The molecule has 1 heterocycles. The zero-order valence-electron chi connectivity index (χ0n) is 11.0. The summed E-state index contributed by atoms with van der Waals surface area (Å²) >= 11 is 1.04. The highest BCUT2D eigenvalue weighted by Crippen LogP contribution is 2.24. The number of aromatic nitrogens is 1. The number of benzene rings is 1. The number of hydrogen-bond acceptors (Lipinski definition) is 5. The van der Waals surface area contributed by atoms with Crippen LogP contribution in [0.2, 0.25) is 0 Å². The van der Waals surface area contributed by atoms with E-state index < -0.39 is 5.97 Å². The third-order valence-electron chi connectivity index (χ3n) is 2.72. The van der Waals surface area contributed by atoms with E-state index in [1.165, 1.54) is 0 Å². The van der Waals surface area contributed by atoms with E-state index in [-0.39, 0.29) is 10.6 Å². The van der Waals surface area contributed by atoms with Crippen LogP contribution in [0.15, 0.2) is 24.3 Å². The predicted molar refractivity (Wildman–Crippen MR) is 75.7 cm³/mol. The maximum atomic E-state index is 10.9. The molecule has 0 spiro atoms. The second kappa shape index (κ2) is 6.38. The van der Waals surface area contributed by atoms with Crippen LogP contribution in [0, 0.1) is 6.92 Å². The largest absolute Gasteiger partial charge is 0.508 e. The molecule has 0 bridgehead atoms. The number of hydrogen-bond donors (Lipinski definition) is 2. The van der Waals surface area contributed by atoms with Crippen molar-refractivity contribution in [3.63, 3.8) is 0 Å². The molecule has 2 aromatic rings. The van der Waals surface area contributed by atoms with E-state index in [9.17, 15) is 9.90 Å². The van der Waals surface area contributed by atoms with Crippen LogP contribution in [-0.2, 0) is 6.42 Å². The van der Waals surface area contributed by atoms with Crippen LogP contribution in [0.3, 0.4) is 0 Å². The normalized spacial score (nSPS) is 10.4. The number of aryl methyl sites for hydroxylation is 2. The van der Waals surface area contributed by atoms with E-state index >= 15 is 0 Å². The lowest BCUT2D eigenvalue weighted by atomic mass is 10.1. The minimum atomic E-state index is -0.977. The first-order valence-corrected chi connectivity index (χ1v) is 6.99. The number of carboxylic acid groups (broad SMARTS) is 1. The summed E-state index contributed by atoms with van der Waals surface area (Å²) in [5.74, 6) is -0.723. The lowest BCUT2D eigenvalue weighted by Crippen LogP contribution is -1.99. The topological polar surface area (TPSA) is 79.7 Å². The van der Waals surface area contributed by atoms with Gasteiger partial charge in [0.15, 0.2) is 0 Å². The maximum absolute atomic E-state index is 10.9. The molecule has 5 nitrogen and oxygen atoms in total. The molecule has 2 rings (SSSR count). The number of phenolic OH excluding ortho intramolecular Hbond substituents is 1. The average Bonchev–Trinajstić information content (AvgIpc) is 2.76. The van der Waals surface area contributed by atoms with E-state index in [4.69, 9.17) is 9.84 Å². The van der Waals surface area contributed by atoms with Crippen molar-refractivity contribution in [2.75, 3.05) is 6.61 Å². The van der Waals surface area contributed by atoms with E-state index in [1.807, 2.05) is 6.07 Å². The summed E-state index contributed by atoms with van der Waals surface area (Å²) in [6.45, 7) is 2.11. The van der Waals surface area contributed by atoms with E-state index in [0.29, 0.717) is 17.5 Å². The Morgan fingerprint density at radius 2 is 2.25 bits per heavy atom. The number of phenols is 1. The van der Waals surface area contributed by atoms with Gasteiger partial charge in [-0.2, -0.15) is 0 Å². The van der Waals surface area contributed by atoms with Crippen molar-refractivity contribution in [3.05, 3.63) is 40.4 Å². The Balaban J connectivity index is 1.81. The van der Waals surface area contributed by atoms with Crippen molar-refractivity contribution in [1.29, 1.82) is 0 Å². The van der Waals surface area contributed by atoms with Crippen LogP contribution < -0.4 is 4.74 Å². The molecule has 2 N–H and O–H groups in total. The van der Waals surface area contributed by atoms with Crippen LogP contribution in [-0.4, -0.2) is 27.8 Å². The molecule has 6 heteroatoms. The molecule has 0 fully saturated rings. The number of ether oxygens (including phenoxy) is 1. The number of rotatable bonds is 6. The molecule has 0 unspecified atom stereocenters. The van der Waals surface area contributed by atoms with Crippen molar-refractivity contribution in [2.45, 2.75) is 19.8 Å². The monoisotopic (exact) mass is 293 g/mol. The zero-order valence-corrected chi connectivity index (χ0v) is 11.8. The van der Waals surface area contributed by atoms with Gasteiger partial charge in [-0.1, -0.05) is 23.5 Å². The third-order valence-corrected chi connectivity index (χ3v) is 3.78. The van der Waals surface area contributed by atoms with Crippen LogP contribution >= 0.6 is 11.3 Å². The van der Waals surface area contributed by atoms with E-state index in [1.54, 1.807) is 25.1 Å². The number of aromatic carboxylic acids is 1. The molecule has 0 aliphatic carbocycles. The Kier molecular flexibility index (Phi) is 4.57. The van der Waals surface area contributed by atoms with E-state index in [0.717, 1.165) is 29.7 Å².